The van der Waals surface area contributed by atoms with Crippen LogP contribution in [0.2, 0.25) is 0 Å². The maximum atomic E-state index is 12.8. The van der Waals surface area contributed by atoms with E-state index in [1.807, 2.05) is 30.3 Å². The van der Waals surface area contributed by atoms with E-state index in [-0.39, 0.29) is 17.9 Å². The van der Waals surface area contributed by atoms with Crippen LogP contribution < -0.4 is 10.6 Å². The van der Waals surface area contributed by atoms with Crippen molar-refractivity contribution in [1.82, 2.24) is 15.6 Å². The zero-order valence-electron chi connectivity index (χ0n) is 15.3. The van der Waals surface area contributed by atoms with Crippen molar-refractivity contribution in [2.24, 2.45) is 0 Å². The van der Waals surface area contributed by atoms with Crippen molar-refractivity contribution in [2.75, 3.05) is 6.54 Å². The highest BCUT2D eigenvalue weighted by atomic mass is 32.1. The van der Waals surface area contributed by atoms with Crippen LogP contribution in [0.25, 0.3) is 11.3 Å². The Balaban J connectivity index is 1.37. The quantitative estimate of drug-likeness (QED) is 0.712. The Hall–Kier alpha value is -2.50. The molecular formula is C22H23N3OS. The lowest BCUT2D eigenvalue weighted by Crippen LogP contribution is -2.45. The summed E-state index contributed by atoms with van der Waals surface area (Å²) in [6.45, 7) is 3.50. The van der Waals surface area contributed by atoms with Crippen LogP contribution in [0, 0.1) is 0 Å². The second-order valence-corrected chi connectivity index (χ2v) is 7.82. The van der Waals surface area contributed by atoms with E-state index in [0.29, 0.717) is 6.54 Å². The van der Waals surface area contributed by atoms with Gasteiger partial charge in [-0.05, 0) is 18.1 Å². The Morgan fingerprint density at radius 3 is 2.81 bits per heavy atom. The largest absolute Gasteiger partial charge is 0.355 e. The Bertz CT molecular complexity index is 922. The second-order valence-electron chi connectivity index (χ2n) is 6.88. The summed E-state index contributed by atoms with van der Waals surface area (Å²) in [5.74, 6) is -0.0619. The lowest BCUT2D eigenvalue weighted by Gasteiger charge is -2.31. The van der Waals surface area contributed by atoms with Gasteiger partial charge < -0.3 is 10.6 Å². The summed E-state index contributed by atoms with van der Waals surface area (Å²) in [4.78, 5) is 17.5. The zero-order valence-corrected chi connectivity index (χ0v) is 16.1. The number of carbonyl (C=O) groups excluding carboxylic acids is 1. The SMILES string of the molecule is CC1NCc2ccccc2C1C(=O)NCCc1nc(-c2ccccc2)cs1. The first-order chi connectivity index (χ1) is 13.2. The molecule has 0 saturated carbocycles. The van der Waals surface area contributed by atoms with Crippen molar-refractivity contribution in [3.05, 3.63) is 76.1 Å². The smallest absolute Gasteiger partial charge is 0.229 e. The van der Waals surface area contributed by atoms with Gasteiger partial charge >= 0.3 is 0 Å². The molecule has 1 amide bonds. The van der Waals surface area contributed by atoms with Gasteiger partial charge in [-0.1, -0.05) is 54.6 Å². The minimum atomic E-state index is -0.147. The molecule has 1 aliphatic rings. The number of hydrogen-bond donors (Lipinski definition) is 2. The molecule has 0 fully saturated rings. The fourth-order valence-corrected chi connectivity index (χ4v) is 4.40. The minimum absolute atomic E-state index is 0.0852. The monoisotopic (exact) mass is 377 g/mol. The fraction of sp³-hybridized carbons (Fsp3) is 0.273. The summed E-state index contributed by atoms with van der Waals surface area (Å²) in [7, 11) is 0. The van der Waals surface area contributed by atoms with Gasteiger partial charge in [-0.25, -0.2) is 4.98 Å². The first-order valence-electron chi connectivity index (χ1n) is 9.31. The van der Waals surface area contributed by atoms with Crippen molar-refractivity contribution in [3.8, 4) is 11.3 Å². The van der Waals surface area contributed by atoms with Crippen LogP contribution in [-0.2, 0) is 17.8 Å². The van der Waals surface area contributed by atoms with E-state index in [2.05, 4.69) is 47.2 Å². The second kappa shape index (κ2) is 8.03. The minimum Gasteiger partial charge on any atom is -0.355 e. The number of benzene rings is 2. The number of nitrogens with zero attached hydrogens (tertiary/aromatic N) is 1. The highest BCUT2D eigenvalue weighted by Crippen LogP contribution is 2.28. The number of amides is 1. The number of fused-ring (bicyclic) bond motifs is 1. The van der Waals surface area contributed by atoms with Gasteiger partial charge in [0.05, 0.1) is 16.6 Å². The molecule has 1 aliphatic heterocycles. The molecule has 138 valence electrons. The molecule has 5 heteroatoms. The molecular weight excluding hydrogens is 354 g/mol. The molecule has 2 unspecified atom stereocenters. The van der Waals surface area contributed by atoms with Crippen LogP contribution in [0.1, 0.15) is 29.0 Å². The standard InChI is InChI=1S/C22H23N3OS/c1-15-21(18-10-6-5-9-17(18)13-24-15)22(26)23-12-11-20-25-19(14-27-20)16-7-3-2-4-8-16/h2-10,14-15,21,24H,11-13H2,1H3,(H,23,26). The number of carbonyl (C=O) groups is 1. The average Bonchev–Trinajstić information content (AvgIpc) is 3.17. The van der Waals surface area contributed by atoms with Crippen molar-refractivity contribution in [2.45, 2.75) is 31.8 Å². The molecule has 1 aromatic heterocycles. The number of hydrogen-bond acceptors (Lipinski definition) is 4. The van der Waals surface area contributed by atoms with Crippen molar-refractivity contribution in [3.63, 3.8) is 0 Å². The van der Waals surface area contributed by atoms with Gasteiger partial charge in [0.25, 0.3) is 0 Å². The highest BCUT2D eigenvalue weighted by Gasteiger charge is 2.31. The maximum Gasteiger partial charge on any atom is 0.229 e. The van der Waals surface area contributed by atoms with Gasteiger partial charge in [-0.2, -0.15) is 0 Å². The summed E-state index contributed by atoms with van der Waals surface area (Å²) in [5.41, 5.74) is 4.48. The third-order valence-electron chi connectivity index (χ3n) is 5.05. The van der Waals surface area contributed by atoms with Gasteiger partial charge in [-0.15, -0.1) is 11.3 Å². The summed E-state index contributed by atoms with van der Waals surface area (Å²) >= 11 is 1.65. The van der Waals surface area contributed by atoms with Gasteiger partial charge in [0.1, 0.15) is 0 Å². The number of rotatable bonds is 5. The number of aromatic nitrogens is 1. The van der Waals surface area contributed by atoms with Gasteiger partial charge in [0.2, 0.25) is 5.91 Å². The summed E-state index contributed by atoms with van der Waals surface area (Å²) in [6, 6.07) is 18.5. The predicted octanol–water partition coefficient (Wildman–Crippen LogP) is 3.74. The molecule has 2 aromatic carbocycles. The number of nitrogens with one attached hydrogen (secondary N) is 2. The third-order valence-corrected chi connectivity index (χ3v) is 5.96. The third kappa shape index (κ3) is 3.94. The van der Waals surface area contributed by atoms with Gasteiger partial charge in [-0.3, -0.25) is 4.79 Å². The van der Waals surface area contributed by atoms with Crippen LogP contribution in [0.15, 0.2) is 60.0 Å². The Morgan fingerprint density at radius 2 is 1.96 bits per heavy atom. The van der Waals surface area contributed by atoms with E-state index >= 15 is 0 Å². The fourth-order valence-electron chi connectivity index (χ4n) is 3.59. The first-order valence-corrected chi connectivity index (χ1v) is 10.2. The van der Waals surface area contributed by atoms with Crippen molar-refractivity contribution >= 4 is 17.2 Å². The Kier molecular flexibility index (Phi) is 5.32. The summed E-state index contributed by atoms with van der Waals surface area (Å²) in [5, 5.41) is 9.66. The van der Waals surface area contributed by atoms with E-state index < -0.39 is 0 Å². The molecule has 3 aromatic rings. The molecule has 2 N–H and O–H groups in total. The number of thiazole rings is 1. The van der Waals surface area contributed by atoms with Crippen LogP contribution in [-0.4, -0.2) is 23.5 Å². The molecule has 0 radical (unpaired) electrons. The Morgan fingerprint density at radius 1 is 1.19 bits per heavy atom. The van der Waals surface area contributed by atoms with Crippen molar-refractivity contribution in [1.29, 1.82) is 0 Å². The zero-order chi connectivity index (χ0) is 18.6. The topological polar surface area (TPSA) is 54.0 Å². The molecule has 4 nitrogen and oxygen atoms in total. The van der Waals surface area contributed by atoms with E-state index in [4.69, 9.17) is 4.98 Å². The van der Waals surface area contributed by atoms with E-state index in [1.54, 1.807) is 11.3 Å². The normalized spacial score (nSPS) is 18.7. The molecule has 4 rings (SSSR count). The lowest BCUT2D eigenvalue weighted by atomic mass is 9.85. The van der Waals surface area contributed by atoms with Gasteiger partial charge in [0.15, 0.2) is 0 Å². The van der Waals surface area contributed by atoms with Crippen LogP contribution in [0.4, 0.5) is 0 Å². The maximum absolute atomic E-state index is 12.8. The van der Waals surface area contributed by atoms with E-state index in [1.165, 1.54) is 5.56 Å². The molecule has 2 atom stereocenters. The highest BCUT2D eigenvalue weighted by molar-refractivity contribution is 7.09. The Labute approximate surface area is 163 Å². The van der Waals surface area contributed by atoms with Crippen LogP contribution in [0.3, 0.4) is 0 Å². The summed E-state index contributed by atoms with van der Waals surface area (Å²) < 4.78 is 0. The van der Waals surface area contributed by atoms with E-state index in [0.717, 1.165) is 34.8 Å². The molecule has 27 heavy (non-hydrogen) atoms. The lowest BCUT2D eigenvalue weighted by molar-refractivity contribution is -0.123. The van der Waals surface area contributed by atoms with Crippen LogP contribution in [0.5, 0.6) is 0 Å². The molecule has 0 saturated heterocycles. The molecule has 0 spiro atoms. The molecule has 0 aliphatic carbocycles. The first kappa shape index (κ1) is 17.9. The van der Waals surface area contributed by atoms with Crippen LogP contribution >= 0.6 is 11.3 Å². The molecule has 0 bridgehead atoms. The van der Waals surface area contributed by atoms with Crippen molar-refractivity contribution < 1.29 is 4.79 Å². The van der Waals surface area contributed by atoms with E-state index in [9.17, 15) is 4.79 Å². The predicted molar refractivity (Wildman–Crippen MR) is 110 cm³/mol. The van der Waals surface area contributed by atoms with Gasteiger partial charge in [0, 0.05) is 36.5 Å². The molecule has 2 heterocycles. The summed E-state index contributed by atoms with van der Waals surface area (Å²) in [6.07, 6.45) is 0.749. The average molecular weight is 378 g/mol.